The molecule has 2 aromatic rings. The maximum absolute atomic E-state index is 13.5. The number of benzene rings is 1. The third kappa shape index (κ3) is 3.69. The van der Waals surface area contributed by atoms with E-state index in [9.17, 15) is 8.78 Å². The average molecular weight is 309 g/mol. The summed E-state index contributed by atoms with van der Waals surface area (Å²) in [5.41, 5.74) is 0.839. The number of hydrogen-bond acceptors (Lipinski definition) is 2. The van der Waals surface area contributed by atoms with Gasteiger partial charge in [-0.2, -0.15) is 0 Å². The zero-order chi connectivity index (χ0) is 15.6. The third-order valence-corrected chi connectivity index (χ3v) is 4.91. The first-order chi connectivity index (χ1) is 9.82. The van der Waals surface area contributed by atoms with Gasteiger partial charge in [0.2, 0.25) is 0 Å². The van der Waals surface area contributed by atoms with Crippen molar-refractivity contribution in [2.24, 2.45) is 0 Å². The summed E-state index contributed by atoms with van der Waals surface area (Å²) in [7, 11) is 0. The first-order valence-corrected chi connectivity index (χ1v) is 7.93. The van der Waals surface area contributed by atoms with E-state index in [0.717, 1.165) is 17.0 Å². The Bertz CT molecular complexity index is 613. The second-order valence-electron chi connectivity index (χ2n) is 6.12. The molecule has 1 aromatic carbocycles. The average Bonchev–Trinajstić information content (AvgIpc) is 2.89. The summed E-state index contributed by atoms with van der Waals surface area (Å²) in [4.78, 5) is 2.40. The first-order valence-electron chi connectivity index (χ1n) is 7.11. The van der Waals surface area contributed by atoms with Crippen LogP contribution in [0.25, 0.3) is 0 Å². The lowest BCUT2D eigenvalue weighted by atomic mass is 9.95. The monoisotopic (exact) mass is 309 g/mol. The third-order valence-electron chi connectivity index (χ3n) is 3.34. The molecule has 1 heterocycles. The predicted molar refractivity (Wildman–Crippen MR) is 84.9 cm³/mol. The van der Waals surface area contributed by atoms with Gasteiger partial charge in [-0.1, -0.05) is 33.8 Å². The van der Waals surface area contributed by atoms with Crippen molar-refractivity contribution in [2.45, 2.75) is 39.2 Å². The summed E-state index contributed by atoms with van der Waals surface area (Å²) in [6.07, 6.45) is 0. The molecule has 4 heteroatoms. The van der Waals surface area contributed by atoms with E-state index in [0.29, 0.717) is 0 Å². The quantitative estimate of drug-likeness (QED) is 0.836. The molecule has 0 spiro atoms. The Morgan fingerprint density at radius 1 is 1.10 bits per heavy atom. The lowest BCUT2D eigenvalue weighted by Crippen LogP contribution is -2.21. The van der Waals surface area contributed by atoms with Crippen LogP contribution >= 0.6 is 11.3 Å². The number of halogens is 2. The highest BCUT2D eigenvalue weighted by molar-refractivity contribution is 7.12. The van der Waals surface area contributed by atoms with Crippen molar-refractivity contribution >= 4 is 11.3 Å². The molecule has 1 unspecified atom stereocenters. The molecular weight excluding hydrogens is 288 g/mol. The van der Waals surface area contributed by atoms with E-state index in [1.165, 1.54) is 17.0 Å². The minimum absolute atomic E-state index is 0.0910. The van der Waals surface area contributed by atoms with E-state index >= 15 is 0 Å². The lowest BCUT2D eigenvalue weighted by Gasteiger charge is -2.18. The maximum Gasteiger partial charge on any atom is 0.159 e. The zero-order valence-electron chi connectivity index (χ0n) is 12.8. The lowest BCUT2D eigenvalue weighted by molar-refractivity contribution is 0.504. The number of nitrogens with one attached hydrogen (secondary N) is 1. The number of hydrogen-bond donors (Lipinski definition) is 1. The largest absolute Gasteiger partial charge is 0.306 e. The molecule has 1 aromatic heterocycles. The van der Waals surface area contributed by atoms with Crippen LogP contribution in [0, 0.1) is 11.6 Å². The highest BCUT2D eigenvalue weighted by Crippen LogP contribution is 2.34. The summed E-state index contributed by atoms with van der Waals surface area (Å²) < 4.78 is 26.6. The molecule has 1 atom stereocenters. The molecule has 1 nitrogen and oxygen atoms in total. The fourth-order valence-corrected chi connectivity index (χ4v) is 3.36. The van der Waals surface area contributed by atoms with Crippen molar-refractivity contribution in [2.75, 3.05) is 6.54 Å². The van der Waals surface area contributed by atoms with Crippen LogP contribution in [0.3, 0.4) is 0 Å². The van der Waals surface area contributed by atoms with Gasteiger partial charge in [0.25, 0.3) is 0 Å². The van der Waals surface area contributed by atoms with Crippen molar-refractivity contribution in [1.82, 2.24) is 5.32 Å². The maximum atomic E-state index is 13.5. The Labute approximate surface area is 129 Å². The van der Waals surface area contributed by atoms with Crippen LogP contribution in [-0.4, -0.2) is 6.54 Å². The molecule has 0 radical (unpaired) electrons. The molecule has 0 aliphatic carbocycles. The second kappa shape index (κ2) is 6.24. The summed E-state index contributed by atoms with van der Waals surface area (Å²) >= 11 is 1.71. The van der Waals surface area contributed by atoms with E-state index in [-0.39, 0.29) is 11.5 Å². The van der Waals surface area contributed by atoms with Crippen LogP contribution in [-0.2, 0) is 5.41 Å². The van der Waals surface area contributed by atoms with E-state index in [2.05, 4.69) is 38.2 Å². The van der Waals surface area contributed by atoms with E-state index < -0.39 is 11.6 Å². The Morgan fingerprint density at radius 2 is 1.81 bits per heavy atom. The van der Waals surface area contributed by atoms with Gasteiger partial charge < -0.3 is 5.32 Å². The molecule has 0 bridgehead atoms. The van der Waals surface area contributed by atoms with Gasteiger partial charge in [-0.25, -0.2) is 8.78 Å². The first kappa shape index (κ1) is 16.1. The van der Waals surface area contributed by atoms with Crippen LogP contribution in [0.2, 0.25) is 0 Å². The molecule has 0 amide bonds. The summed E-state index contributed by atoms with van der Waals surface area (Å²) in [5, 5.41) is 3.35. The smallest absolute Gasteiger partial charge is 0.159 e. The van der Waals surface area contributed by atoms with Gasteiger partial charge in [0, 0.05) is 9.75 Å². The molecule has 114 valence electrons. The zero-order valence-corrected chi connectivity index (χ0v) is 13.7. The fraction of sp³-hybridized carbons (Fsp3) is 0.412. The Morgan fingerprint density at radius 3 is 2.33 bits per heavy atom. The summed E-state index contributed by atoms with van der Waals surface area (Å²) in [6.45, 7) is 9.27. The predicted octanol–water partition coefficient (Wildman–Crippen LogP) is 5.02. The molecule has 1 N–H and O–H groups in total. The topological polar surface area (TPSA) is 12.0 Å². The fourth-order valence-electron chi connectivity index (χ4n) is 2.19. The van der Waals surface area contributed by atoms with Crippen LogP contribution in [0.4, 0.5) is 8.78 Å². The highest BCUT2D eigenvalue weighted by atomic mass is 32.1. The Balaban J connectivity index is 2.38. The number of thiophene rings is 1. The molecule has 0 aliphatic heterocycles. The normalized spacial score (nSPS) is 13.4. The number of rotatable bonds is 4. The van der Waals surface area contributed by atoms with Crippen LogP contribution in [0.15, 0.2) is 30.3 Å². The van der Waals surface area contributed by atoms with Crippen molar-refractivity contribution < 1.29 is 8.78 Å². The summed E-state index contributed by atoms with van der Waals surface area (Å²) in [6, 6.07) is 8.19. The second-order valence-corrected chi connectivity index (χ2v) is 7.23. The molecule has 21 heavy (non-hydrogen) atoms. The van der Waals surface area contributed by atoms with Crippen LogP contribution < -0.4 is 5.32 Å². The molecular formula is C17H21F2NS. The van der Waals surface area contributed by atoms with Gasteiger partial charge in [0.05, 0.1) is 6.04 Å². The van der Waals surface area contributed by atoms with E-state index in [1.54, 1.807) is 17.4 Å². The van der Waals surface area contributed by atoms with Gasteiger partial charge in [-0.05, 0) is 41.8 Å². The SMILES string of the molecule is CCNC(c1ccc(F)c(F)c1)c1ccc(C(C)(C)C)s1. The van der Waals surface area contributed by atoms with Gasteiger partial charge in [0.1, 0.15) is 0 Å². The van der Waals surface area contributed by atoms with Crippen molar-refractivity contribution in [3.63, 3.8) is 0 Å². The van der Waals surface area contributed by atoms with Crippen molar-refractivity contribution in [1.29, 1.82) is 0 Å². The van der Waals surface area contributed by atoms with Gasteiger partial charge in [-0.3, -0.25) is 0 Å². The van der Waals surface area contributed by atoms with E-state index in [4.69, 9.17) is 0 Å². The summed E-state index contributed by atoms with van der Waals surface area (Å²) in [5.74, 6) is -1.61. The molecule has 2 rings (SSSR count). The standard InChI is InChI=1S/C17H21F2NS/c1-5-20-16(11-6-7-12(18)13(19)10-11)14-8-9-15(21-14)17(2,3)4/h6-10,16,20H,5H2,1-4H3. The van der Waals surface area contributed by atoms with Gasteiger partial charge >= 0.3 is 0 Å². The van der Waals surface area contributed by atoms with Crippen molar-refractivity contribution in [3.05, 3.63) is 57.3 Å². The van der Waals surface area contributed by atoms with Gasteiger partial charge in [0.15, 0.2) is 11.6 Å². The van der Waals surface area contributed by atoms with Crippen molar-refractivity contribution in [3.8, 4) is 0 Å². The molecule has 0 saturated carbocycles. The highest BCUT2D eigenvalue weighted by Gasteiger charge is 2.21. The minimum Gasteiger partial charge on any atom is -0.306 e. The molecule has 0 fully saturated rings. The van der Waals surface area contributed by atoms with Crippen LogP contribution in [0.5, 0.6) is 0 Å². The molecule has 0 saturated heterocycles. The van der Waals surface area contributed by atoms with Crippen LogP contribution in [0.1, 0.15) is 49.1 Å². The van der Waals surface area contributed by atoms with Gasteiger partial charge in [-0.15, -0.1) is 11.3 Å². The Kier molecular flexibility index (Phi) is 4.79. The van der Waals surface area contributed by atoms with E-state index in [1.807, 2.05) is 6.92 Å². The Hall–Kier alpha value is -1.26. The molecule has 0 aliphatic rings. The minimum atomic E-state index is -0.810.